The highest BCUT2D eigenvalue weighted by atomic mass is 16.5. The van der Waals surface area contributed by atoms with Crippen molar-refractivity contribution in [1.29, 1.82) is 0 Å². The van der Waals surface area contributed by atoms with Crippen molar-refractivity contribution in [2.45, 2.75) is 33.3 Å². The quantitative estimate of drug-likeness (QED) is 0.769. The van der Waals surface area contributed by atoms with Crippen LogP contribution >= 0.6 is 0 Å². The van der Waals surface area contributed by atoms with Crippen molar-refractivity contribution < 1.29 is 19.1 Å². The molecule has 0 radical (unpaired) electrons. The number of methoxy groups -OCH3 is 1. The van der Waals surface area contributed by atoms with Gasteiger partial charge in [-0.05, 0) is 31.0 Å². The number of hydrogen-bond donors (Lipinski definition) is 0. The maximum atomic E-state index is 12.2. The molecule has 1 aromatic carbocycles. The van der Waals surface area contributed by atoms with Crippen LogP contribution in [0, 0.1) is 12.8 Å². The van der Waals surface area contributed by atoms with E-state index in [0.717, 1.165) is 11.1 Å². The summed E-state index contributed by atoms with van der Waals surface area (Å²) in [5, 5.41) is 0. The summed E-state index contributed by atoms with van der Waals surface area (Å²) in [5.74, 6) is 0.337. The number of carbonyl (C=O) groups is 2. The van der Waals surface area contributed by atoms with Crippen LogP contribution in [0.15, 0.2) is 12.1 Å². The largest absolute Gasteiger partial charge is 0.496 e. The molecule has 0 fully saturated rings. The number of Topliss-reactive ketones (excluding diaryl/α,β-unsaturated/α-hetero) is 1. The van der Waals surface area contributed by atoms with E-state index in [2.05, 4.69) is 0 Å². The van der Waals surface area contributed by atoms with Crippen molar-refractivity contribution in [2.24, 2.45) is 5.92 Å². The zero-order valence-electron chi connectivity index (χ0n) is 11.6. The fourth-order valence-electron chi connectivity index (χ4n) is 2.54. The molecule has 1 aliphatic rings. The Balaban J connectivity index is 2.53. The van der Waals surface area contributed by atoms with Crippen LogP contribution in [0.3, 0.4) is 0 Å². The molecule has 2 unspecified atom stereocenters. The van der Waals surface area contributed by atoms with E-state index in [1.165, 1.54) is 6.92 Å². The summed E-state index contributed by atoms with van der Waals surface area (Å²) >= 11 is 0. The Morgan fingerprint density at radius 2 is 2.05 bits per heavy atom. The number of carbonyl (C=O) groups excluding carboxylic acids is 2. The zero-order valence-corrected chi connectivity index (χ0v) is 11.6. The van der Waals surface area contributed by atoms with Crippen molar-refractivity contribution in [1.82, 2.24) is 0 Å². The number of ketones is 1. The summed E-state index contributed by atoms with van der Waals surface area (Å²) in [5.41, 5.74) is 2.30. The zero-order chi connectivity index (χ0) is 14.2. The van der Waals surface area contributed by atoms with Gasteiger partial charge in [0.05, 0.1) is 7.11 Å². The standard InChI is InChI=1S/C15H18O4/c1-8-5-12-11(7-13(8)18-4)14(19-10(3)16)6-9(2)15(12)17/h5,7,9,14H,6H2,1-4H3. The van der Waals surface area contributed by atoms with Gasteiger partial charge in [-0.2, -0.15) is 0 Å². The number of aryl methyl sites for hydroxylation is 1. The van der Waals surface area contributed by atoms with Crippen LogP contribution in [0.25, 0.3) is 0 Å². The average molecular weight is 262 g/mol. The minimum atomic E-state index is -0.366. The summed E-state index contributed by atoms with van der Waals surface area (Å²) in [6.07, 6.45) is 0.159. The van der Waals surface area contributed by atoms with Crippen molar-refractivity contribution >= 4 is 11.8 Å². The normalized spacial score (nSPS) is 21.8. The number of rotatable bonds is 2. The van der Waals surface area contributed by atoms with Crippen LogP contribution in [0.1, 0.15) is 47.9 Å². The first-order valence-corrected chi connectivity index (χ1v) is 6.34. The number of esters is 1. The molecular weight excluding hydrogens is 244 g/mol. The minimum absolute atomic E-state index is 0.101. The molecule has 19 heavy (non-hydrogen) atoms. The van der Waals surface area contributed by atoms with E-state index in [0.29, 0.717) is 17.7 Å². The highest BCUT2D eigenvalue weighted by molar-refractivity contribution is 6.00. The van der Waals surface area contributed by atoms with Crippen molar-refractivity contribution in [2.75, 3.05) is 7.11 Å². The smallest absolute Gasteiger partial charge is 0.303 e. The van der Waals surface area contributed by atoms with Gasteiger partial charge in [0.1, 0.15) is 11.9 Å². The first kappa shape index (κ1) is 13.6. The monoisotopic (exact) mass is 262 g/mol. The fourth-order valence-corrected chi connectivity index (χ4v) is 2.54. The third-order valence-electron chi connectivity index (χ3n) is 3.50. The molecule has 0 N–H and O–H groups in total. The second kappa shape index (κ2) is 5.03. The topological polar surface area (TPSA) is 52.6 Å². The lowest BCUT2D eigenvalue weighted by Crippen LogP contribution is -2.26. The molecule has 0 spiro atoms. The molecule has 4 nitrogen and oxygen atoms in total. The van der Waals surface area contributed by atoms with E-state index in [4.69, 9.17) is 9.47 Å². The van der Waals surface area contributed by atoms with Gasteiger partial charge in [0.25, 0.3) is 0 Å². The van der Waals surface area contributed by atoms with Crippen LogP contribution in [-0.4, -0.2) is 18.9 Å². The number of ether oxygens (including phenoxy) is 2. The molecule has 0 aromatic heterocycles. The van der Waals surface area contributed by atoms with Gasteiger partial charge < -0.3 is 9.47 Å². The van der Waals surface area contributed by atoms with Crippen LogP contribution in [-0.2, 0) is 9.53 Å². The van der Waals surface area contributed by atoms with Crippen molar-refractivity contribution in [3.63, 3.8) is 0 Å². The maximum Gasteiger partial charge on any atom is 0.303 e. The number of fused-ring (bicyclic) bond motifs is 1. The van der Waals surface area contributed by atoms with E-state index >= 15 is 0 Å². The lowest BCUT2D eigenvalue weighted by atomic mass is 9.81. The van der Waals surface area contributed by atoms with E-state index in [1.807, 2.05) is 26.0 Å². The molecule has 0 bridgehead atoms. The lowest BCUT2D eigenvalue weighted by molar-refractivity contribution is -0.147. The molecular formula is C15H18O4. The molecule has 2 rings (SSSR count). The summed E-state index contributed by atoms with van der Waals surface area (Å²) in [6.45, 7) is 5.14. The Bertz CT molecular complexity index is 533. The van der Waals surface area contributed by atoms with E-state index in [1.54, 1.807) is 7.11 Å². The summed E-state index contributed by atoms with van der Waals surface area (Å²) in [6, 6.07) is 3.63. The minimum Gasteiger partial charge on any atom is -0.496 e. The van der Waals surface area contributed by atoms with Gasteiger partial charge in [-0.3, -0.25) is 9.59 Å². The Hall–Kier alpha value is -1.84. The van der Waals surface area contributed by atoms with Crippen LogP contribution in [0.5, 0.6) is 5.75 Å². The van der Waals surface area contributed by atoms with Crippen molar-refractivity contribution in [3.8, 4) is 5.75 Å². The summed E-state index contributed by atoms with van der Waals surface area (Å²) in [4.78, 5) is 23.4. The third-order valence-corrected chi connectivity index (χ3v) is 3.50. The second-order valence-corrected chi connectivity index (χ2v) is 5.01. The molecule has 0 amide bonds. The molecule has 0 saturated carbocycles. The highest BCUT2D eigenvalue weighted by Gasteiger charge is 2.33. The van der Waals surface area contributed by atoms with Gasteiger partial charge in [0, 0.05) is 24.0 Å². The lowest BCUT2D eigenvalue weighted by Gasteiger charge is -2.29. The van der Waals surface area contributed by atoms with E-state index < -0.39 is 0 Å². The molecule has 2 atom stereocenters. The van der Waals surface area contributed by atoms with Gasteiger partial charge in [-0.1, -0.05) is 6.92 Å². The second-order valence-electron chi connectivity index (χ2n) is 5.01. The highest BCUT2D eigenvalue weighted by Crippen LogP contribution is 2.38. The van der Waals surface area contributed by atoms with E-state index in [-0.39, 0.29) is 23.8 Å². The van der Waals surface area contributed by atoms with Crippen molar-refractivity contribution in [3.05, 3.63) is 28.8 Å². The SMILES string of the molecule is COc1cc2c(cc1C)C(=O)C(C)CC2OC(C)=O. The Morgan fingerprint density at radius 3 is 2.63 bits per heavy atom. The van der Waals surface area contributed by atoms with Crippen LogP contribution in [0.4, 0.5) is 0 Å². The molecule has 1 aromatic rings. The van der Waals surface area contributed by atoms with Gasteiger partial charge in [0.2, 0.25) is 0 Å². The summed E-state index contributed by atoms with van der Waals surface area (Å²) < 4.78 is 10.6. The van der Waals surface area contributed by atoms with Gasteiger partial charge in [-0.15, -0.1) is 0 Å². The van der Waals surface area contributed by atoms with Crippen LogP contribution in [0.2, 0.25) is 0 Å². The van der Waals surface area contributed by atoms with Gasteiger partial charge in [-0.25, -0.2) is 0 Å². The van der Waals surface area contributed by atoms with Crippen LogP contribution < -0.4 is 4.74 Å². The van der Waals surface area contributed by atoms with Gasteiger partial charge >= 0.3 is 5.97 Å². The number of benzene rings is 1. The predicted octanol–water partition coefficient (Wildman–Crippen LogP) is 2.83. The number of hydrogen-bond acceptors (Lipinski definition) is 4. The molecule has 4 heteroatoms. The Labute approximate surface area is 112 Å². The maximum absolute atomic E-state index is 12.2. The first-order valence-electron chi connectivity index (χ1n) is 6.34. The average Bonchev–Trinajstić information content (AvgIpc) is 2.34. The summed E-state index contributed by atoms with van der Waals surface area (Å²) in [7, 11) is 1.59. The fraction of sp³-hybridized carbons (Fsp3) is 0.467. The Morgan fingerprint density at radius 1 is 1.37 bits per heavy atom. The predicted molar refractivity (Wildman–Crippen MR) is 70.3 cm³/mol. The van der Waals surface area contributed by atoms with E-state index in [9.17, 15) is 9.59 Å². The molecule has 0 heterocycles. The molecule has 1 aliphatic carbocycles. The van der Waals surface area contributed by atoms with Gasteiger partial charge in [0.15, 0.2) is 5.78 Å². The first-order chi connectivity index (χ1) is 8.93. The molecule has 0 saturated heterocycles. The molecule has 0 aliphatic heterocycles. The molecule has 102 valence electrons. The Kier molecular flexibility index (Phi) is 3.60. The third kappa shape index (κ3) is 2.48.